The van der Waals surface area contributed by atoms with Crippen LogP contribution in [0.15, 0.2) is 0 Å². The molecule has 0 aliphatic heterocycles. The van der Waals surface area contributed by atoms with Crippen LogP contribution in [-0.2, 0) is 4.79 Å². The van der Waals surface area contributed by atoms with Crippen LogP contribution in [0.4, 0.5) is 13.2 Å². The molecule has 0 aliphatic rings. The molecular weight excluding hydrogens is 197 g/mol. The minimum Gasteiger partial charge on any atom is -0.330 e. The molecule has 0 saturated carbocycles. The van der Waals surface area contributed by atoms with Crippen LogP contribution < -0.4 is 5.73 Å². The minimum absolute atomic E-state index is 0.505. The standard InChI is InChI=1S/C8H15F3N2O/c1-5(2)13(4-8(9,10)11)7(14)6(3)12/h5-6H,4,12H2,1-3H3/t6-/m1/s1. The molecule has 0 radical (unpaired) electrons. The van der Waals surface area contributed by atoms with Crippen molar-refractivity contribution in [3.05, 3.63) is 0 Å². The first-order valence-corrected chi connectivity index (χ1v) is 4.28. The number of carbonyl (C=O) groups is 1. The summed E-state index contributed by atoms with van der Waals surface area (Å²) in [5.74, 6) is -0.683. The summed E-state index contributed by atoms with van der Waals surface area (Å²) in [6.07, 6.45) is -4.38. The van der Waals surface area contributed by atoms with Gasteiger partial charge in [-0.25, -0.2) is 0 Å². The van der Waals surface area contributed by atoms with Gasteiger partial charge >= 0.3 is 6.18 Å². The van der Waals surface area contributed by atoms with E-state index in [9.17, 15) is 18.0 Å². The highest BCUT2D eigenvalue weighted by molar-refractivity contribution is 5.81. The van der Waals surface area contributed by atoms with E-state index in [2.05, 4.69) is 0 Å². The first kappa shape index (κ1) is 13.2. The summed E-state index contributed by atoms with van der Waals surface area (Å²) in [5, 5.41) is 0. The lowest BCUT2D eigenvalue weighted by atomic mass is 10.2. The van der Waals surface area contributed by atoms with Crippen molar-refractivity contribution in [3.63, 3.8) is 0 Å². The minimum atomic E-state index is -4.38. The van der Waals surface area contributed by atoms with Crippen LogP contribution in [0.2, 0.25) is 0 Å². The molecule has 0 heterocycles. The van der Waals surface area contributed by atoms with E-state index in [4.69, 9.17) is 5.73 Å². The molecule has 0 bridgehead atoms. The highest BCUT2D eigenvalue weighted by atomic mass is 19.4. The fraction of sp³-hybridized carbons (Fsp3) is 0.875. The molecule has 1 amide bonds. The van der Waals surface area contributed by atoms with Crippen molar-refractivity contribution in [2.45, 2.75) is 39.0 Å². The summed E-state index contributed by atoms with van der Waals surface area (Å²) in [4.78, 5) is 12.0. The number of carbonyl (C=O) groups excluding carboxylic acids is 1. The first-order valence-electron chi connectivity index (χ1n) is 4.28. The molecule has 3 nitrogen and oxygen atoms in total. The van der Waals surface area contributed by atoms with Gasteiger partial charge in [0.1, 0.15) is 6.54 Å². The zero-order valence-electron chi connectivity index (χ0n) is 8.43. The first-order chi connectivity index (χ1) is 6.15. The molecule has 0 aromatic heterocycles. The van der Waals surface area contributed by atoms with Crippen molar-refractivity contribution in [1.82, 2.24) is 4.90 Å². The maximum atomic E-state index is 12.1. The average molecular weight is 212 g/mol. The number of hydrogen-bond donors (Lipinski definition) is 1. The lowest BCUT2D eigenvalue weighted by Crippen LogP contribution is -2.49. The van der Waals surface area contributed by atoms with Gasteiger partial charge in [-0.15, -0.1) is 0 Å². The second-order valence-corrected chi connectivity index (χ2v) is 3.46. The normalized spacial score (nSPS) is 14.3. The van der Waals surface area contributed by atoms with Crippen molar-refractivity contribution in [1.29, 1.82) is 0 Å². The van der Waals surface area contributed by atoms with Crippen LogP contribution in [0.25, 0.3) is 0 Å². The molecule has 0 unspecified atom stereocenters. The predicted molar refractivity (Wildman–Crippen MR) is 46.6 cm³/mol. The van der Waals surface area contributed by atoms with Crippen LogP contribution in [0.5, 0.6) is 0 Å². The second kappa shape index (κ2) is 4.63. The van der Waals surface area contributed by atoms with E-state index in [0.717, 1.165) is 4.90 Å². The Morgan fingerprint density at radius 2 is 1.79 bits per heavy atom. The monoisotopic (exact) mass is 212 g/mol. The van der Waals surface area contributed by atoms with E-state index in [0.29, 0.717) is 0 Å². The Hall–Kier alpha value is -0.780. The lowest BCUT2D eigenvalue weighted by Gasteiger charge is -2.29. The number of nitrogens with two attached hydrogens (primary N) is 1. The SMILES string of the molecule is CC(C)N(CC(F)(F)F)C(=O)[C@@H](C)N. The molecule has 6 heteroatoms. The van der Waals surface area contributed by atoms with E-state index in [1.165, 1.54) is 20.8 Å². The van der Waals surface area contributed by atoms with Crippen molar-refractivity contribution in [2.75, 3.05) is 6.54 Å². The maximum Gasteiger partial charge on any atom is 0.406 e. The third kappa shape index (κ3) is 4.45. The summed E-state index contributed by atoms with van der Waals surface area (Å²) in [5.41, 5.74) is 5.23. The maximum absolute atomic E-state index is 12.1. The van der Waals surface area contributed by atoms with Gasteiger partial charge in [0.2, 0.25) is 5.91 Å². The molecule has 84 valence electrons. The number of hydrogen-bond acceptors (Lipinski definition) is 2. The van der Waals surface area contributed by atoms with E-state index >= 15 is 0 Å². The Kier molecular flexibility index (Phi) is 4.38. The van der Waals surface area contributed by atoms with E-state index in [-0.39, 0.29) is 0 Å². The largest absolute Gasteiger partial charge is 0.406 e. The average Bonchev–Trinajstić information content (AvgIpc) is 1.96. The Morgan fingerprint density at radius 1 is 1.36 bits per heavy atom. The lowest BCUT2D eigenvalue weighted by molar-refractivity contribution is -0.165. The quantitative estimate of drug-likeness (QED) is 0.762. The summed E-state index contributed by atoms with van der Waals surface area (Å²) in [6.45, 7) is 3.16. The zero-order chi connectivity index (χ0) is 11.5. The molecule has 2 N–H and O–H groups in total. The molecular formula is C8H15F3N2O. The van der Waals surface area contributed by atoms with Gasteiger partial charge in [-0.2, -0.15) is 13.2 Å². The number of rotatable bonds is 3. The smallest absolute Gasteiger partial charge is 0.330 e. The molecule has 0 fully saturated rings. The van der Waals surface area contributed by atoms with Crippen molar-refractivity contribution >= 4 is 5.91 Å². The van der Waals surface area contributed by atoms with Gasteiger partial charge in [0.25, 0.3) is 0 Å². The van der Waals surface area contributed by atoms with E-state index in [1.54, 1.807) is 0 Å². The molecule has 0 aromatic rings. The highest BCUT2D eigenvalue weighted by Crippen LogP contribution is 2.18. The van der Waals surface area contributed by atoms with Gasteiger partial charge in [-0.05, 0) is 20.8 Å². The van der Waals surface area contributed by atoms with Gasteiger partial charge in [0.15, 0.2) is 0 Å². The van der Waals surface area contributed by atoms with Gasteiger partial charge in [0.05, 0.1) is 6.04 Å². The summed E-state index contributed by atoms with van der Waals surface area (Å²) in [6, 6.07) is -1.41. The summed E-state index contributed by atoms with van der Waals surface area (Å²) < 4.78 is 36.2. The Bertz CT molecular complexity index is 201. The van der Waals surface area contributed by atoms with Crippen LogP contribution in [0, 0.1) is 0 Å². The third-order valence-corrected chi connectivity index (χ3v) is 1.65. The van der Waals surface area contributed by atoms with Gasteiger partial charge in [-0.3, -0.25) is 4.79 Å². The van der Waals surface area contributed by atoms with Gasteiger partial charge < -0.3 is 10.6 Å². The molecule has 0 aromatic carbocycles. The zero-order valence-corrected chi connectivity index (χ0v) is 8.43. The number of halogens is 3. The summed E-state index contributed by atoms with van der Waals surface area (Å²) >= 11 is 0. The number of amides is 1. The van der Waals surface area contributed by atoms with Crippen LogP contribution in [0.3, 0.4) is 0 Å². The van der Waals surface area contributed by atoms with Crippen LogP contribution in [-0.4, -0.2) is 35.6 Å². The highest BCUT2D eigenvalue weighted by Gasteiger charge is 2.34. The Balaban J connectivity index is 4.54. The van der Waals surface area contributed by atoms with E-state index < -0.39 is 30.7 Å². The number of alkyl halides is 3. The fourth-order valence-corrected chi connectivity index (χ4v) is 0.970. The predicted octanol–water partition coefficient (Wildman–Crippen LogP) is 1.13. The molecule has 1 atom stereocenters. The number of nitrogens with zero attached hydrogens (tertiary/aromatic N) is 1. The van der Waals surface area contributed by atoms with Crippen LogP contribution >= 0.6 is 0 Å². The molecule has 0 saturated heterocycles. The molecule has 14 heavy (non-hydrogen) atoms. The van der Waals surface area contributed by atoms with Crippen molar-refractivity contribution in [3.8, 4) is 0 Å². The van der Waals surface area contributed by atoms with Gasteiger partial charge in [-0.1, -0.05) is 0 Å². The second-order valence-electron chi connectivity index (χ2n) is 3.46. The Labute approximate surface area is 81.1 Å². The van der Waals surface area contributed by atoms with Gasteiger partial charge in [0, 0.05) is 6.04 Å². The Morgan fingerprint density at radius 3 is 2.00 bits per heavy atom. The third-order valence-electron chi connectivity index (χ3n) is 1.65. The topological polar surface area (TPSA) is 46.3 Å². The molecule has 0 spiro atoms. The van der Waals surface area contributed by atoms with Crippen molar-refractivity contribution in [2.24, 2.45) is 5.73 Å². The molecule has 0 rings (SSSR count). The van der Waals surface area contributed by atoms with Crippen molar-refractivity contribution < 1.29 is 18.0 Å². The summed E-state index contributed by atoms with van der Waals surface area (Å²) in [7, 11) is 0. The van der Waals surface area contributed by atoms with Crippen LogP contribution in [0.1, 0.15) is 20.8 Å². The fourth-order valence-electron chi connectivity index (χ4n) is 0.970. The van der Waals surface area contributed by atoms with E-state index in [1.807, 2.05) is 0 Å². The molecule has 0 aliphatic carbocycles.